The Kier molecular flexibility index (Phi) is 4.38. The quantitative estimate of drug-likeness (QED) is 0.802. The summed E-state index contributed by atoms with van der Waals surface area (Å²) < 4.78 is 0. The molecule has 3 heteroatoms. The molecule has 0 radical (unpaired) electrons. The first-order valence-electron chi connectivity index (χ1n) is 6.74. The van der Waals surface area contributed by atoms with Crippen LogP contribution in [0.15, 0.2) is 24.3 Å². The number of aliphatic hydroxyl groups excluding tert-OH is 1. The van der Waals surface area contributed by atoms with Crippen LogP contribution in [0.3, 0.4) is 0 Å². The average Bonchev–Trinajstić information content (AvgIpc) is 3.13. The average molecular weight is 248 g/mol. The molecule has 0 saturated heterocycles. The Balaban J connectivity index is 1.98. The van der Waals surface area contributed by atoms with Crippen molar-refractivity contribution >= 4 is 0 Å². The fourth-order valence-electron chi connectivity index (χ4n) is 2.57. The molecule has 1 aliphatic rings. The summed E-state index contributed by atoms with van der Waals surface area (Å²) in [6.07, 6.45) is 2.44. The molecule has 3 N–H and O–H groups in total. The van der Waals surface area contributed by atoms with Gasteiger partial charge < -0.3 is 10.8 Å². The van der Waals surface area contributed by atoms with E-state index in [2.05, 4.69) is 36.1 Å². The number of hydrogen-bond acceptors (Lipinski definition) is 3. The molecule has 2 rings (SSSR count). The third-order valence-corrected chi connectivity index (χ3v) is 3.88. The van der Waals surface area contributed by atoms with Crippen LogP contribution < -0.4 is 5.73 Å². The van der Waals surface area contributed by atoms with Gasteiger partial charge in [0.1, 0.15) is 0 Å². The van der Waals surface area contributed by atoms with Crippen LogP contribution in [-0.4, -0.2) is 35.7 Å². The van der Waals surface area contributed by atoms with Crippen molar-refractivity contribution < 1.29 is 5.11 Å². The smallest absolute Gasteiger partial charge is 0.0602 e. The van der Waals surface area contributed by atoms with E-state index < -0.39 is 0 Å². The Hall–Kier alpha value is -0.900. The van der Waals surface area contributed by atoms with Crippen molar-refractivity contribution in [2.24, 2.45) is 11.7 Å². The Labute approximate surface area is 110 Å². The Bertz CT molecular complexity index is 390. The number of nitrogens with zero attached hydrogens (tertiary/aromatic N) is 1. The van der Waals surface area contributed by atoms with Gasteiger partial charge in [0.2, 0.25) is 0 Å². The molecule has 2 unspecified atom stereocenters. The summed E-state index contributed by atoms with van der Waals surface area (Å²) in [5.74, 6) is 0.613. The van der Waals surface area contributed by atoms with Crippen molar-refractivity contribution in [2.75, 3.05) is 13.7 Å². The Morgan fingerprint density at radius 2 is 2.17 bits per heavy atom. The highest BCUT2D eigenvalue weighted by molar-refractivity contribution is 5.22. The molecule has 0 spiro atoms. The minimum atomic E-state index is 0.0676. The zero-order chi connectivity index (χ0) is 13.1. The van der Waals surface area contributed by atoms with E-state index in [-0.39, 0.29) is 18.7 Å². The predicted octanol–water partition coefficient (Wildman–Crippen LogP) is 1.53. The summed E-state index contributed by atoms with van der Waals surface area (Å²) in [5, 5.41) is 9.55. The van der Waals surface area contributed by atoms with E-state index in [1.807, 2.05) is 7.05 Å². The molecular formula is C15H24N2O. The number of nitrogens with two attached hydrogens (primary N) is 1. The molecule has 3 nitrogen and oxygen atoms in total. The van der Waals surface area contributed by atoms with Gasteiger partial charge in [0.15, 0.2) is 0 Å². The molecule has 1 fully saturated rings. The second-order valence-corrected chi connectivity index (χ2v) is 5.57. The lowest BCUT2D eigenvalue weighted by Gasteiger charge is -2.31. The molecule has 0 amide bonds. The van der Waals surface area contributed by atoms with Crippen LogP contribution in [0.5, 0.6) is 0 Å². The molecule has 0 heterocycles. The van der Waals surface area contributed by atoms with E-state index in [0.29, 0.717) is 5.92 Å². The van der Waals surface area contributed by atoms with Gasteiger partial charge in [0, 0.05) is 18.6 Å². The number of hydrogen-bond donors (Lipinski definition) is 2. The Morgan fingerprint density at radius 3 is 2.72 bits per heavy atom. The van der Waals surface area contributed by atoms with Gasteiger partial charge in [-0.05, 0) is 38.3 Å². The van der Waals surface area contributed by atoms with Crippen molar-refractivity contribution in [1.82, 2.24) is 4.90 Å². The molecule has 1 saturated carbocycles. The predicted molar refractivity (Wildman–Crippen MR) is 74.2 cm³/mol. The van der Waals surface area contributed by atoms with E-state index in [9.17, 15) is 5.11 Å². The van der Waals surface area contributed by atoms with Gasteiger partial charge in [-0.2, -0.15) is 0 Å². The van der Waals surface area contributed by atoms with Crippen LogP contribution in [0.1, 0.15) is 24.0 Å². The highest BCUT2D eigenvalue weighted by Gasteiger charge is 2.35. The standard InChI is InChI=1S/C15H24N2O/c1-11-4-3-5-12(8-11)9-17(2)14(10-18)15(16)13-6-7-13/h3-5,8,13-15,18H,6-7,9-10,16H2,1-2H3. The lowest BCUT2D eigenvalue weighted by molar-refractivity contribution is 0.115. The van der Waals surface area contributed by atoms with Crippen LogP contribution in [-0.2, 0) is 6.54 Å². The summed E-state index contributed by atoms with van der Waals surface area (Å²) in [7, 11) is 2.05. The van der Waals surface area contributed by atoms with Crippen LogP contribution in [0, 0.1) is 12.8 Å². The second-order valence-electron chi connectivity index (χ2n) is 5.57. The van der Waals surface area contributed by atoms with E-state index in [0.717, 1.165) is 6.54 Å². The third-order valence-electron chi connectivity index (χ3n) is 3.88. The largest absolute Gasteiger partial charge is 0.395 e. The number of benzene rings is 1. The maximum atomic E-state index is 9.55. The van der Waals surface area contributed by atoms with Crippen molar-refractivity contribution in [1.29, 1.82) is 0 Å². The van der Waals surface area contributed by atoms with Crippen molar-refractivity contribution in [3.8, 4) is 0 Å². The van der Waals surface area contributed by atoms with Crippen molar-refractivity contribution in [3.05, 3.63) is 35.4 Å². The summed E-state index contributed by atoms with van der Waals surface area (Å²) >= 11 is 0. The zero-order valence-corrected chi connectivity index (χ0v) is 11.3. The van der Waals surface area contributed by atoms with Gasteiger partial charge >= 0.3 is 0 Å². The van der Waals surface area contributed by atoms with Crippen molar-refractivity contribution in [3.63, 3.8) is 0 Å². The zero-order valence-electron chi connectivity index (χ0n) is 11.3. The van der Waals surface area contributed by atoms with E-state index in [1.165, 1.54) is 24.0 Å². The minimum Gasteiger partial charge on any atom is -0.395 e. The van der Waals surface area contributed by atoms with Gasteiger partial charge in [0.25, 0.3) is 0 Å². The molecule has 1 aromatic rings. The lowest BCUT2D eigenvalue weighted by Crippen LogP contribution is -2.49. The highest BCUT2D eigenvalue weighted by Crippen LogP contribution is 2.33. The monoisotopic (exact) mass is 248 g/mol. The second kappa shape index (κ2) is 5.83. The first-order chi connectivity index (χ1) is 8.61. The Morgan fingerprint density at radius 1 is 1.44 bits per heavy atom. The molecule has 1 aliphatic carbocycles. The van der Waals surface area contributed by atoms with Gasteiger partial charge in [0.05, 0.1) is 6.61 Å². The van der Waals surface area contributed by atoms with Gasteiger partial charge in [-0.3, -0.25) is 4.90 Å². The normalized spacial score (nSPS) is 18.9. The van der Waals surface area contributed by atoms with Crippen LogP contribution in [0.25, 0.3) is 0 Å². The summed E-state index contributed by atoms with van der Waals surface area (Å²) in [4.78, 5) is 2.18. The first-order valence-corrected chi connectivity index (χ1v) is 6.74. The van der Waals surface area contributed by atoms with E-state index in [4.69, 9.17) is 5.73 Å². The summed E-state index contributed by atoms with van der Waals surface area (Å²) in [5.41, 5.74) is 8.76. The SMILES string of the molecule is Cc1cccc(CN(C)C(CO)C(N)C2CC2)c1. The fourth-order valence-corrected chi connectivity index (χ4v) is 2.57. The molecule has 0 aliphatic heterocycles. The maximum absolute atomic E-state index is 9.55. The molecule has 0 aromatic heterocycles. The lowest BCUT2D eigenvalue weighted by atomic mass is 10.0. The van der Waals surface area contributed by atoms with E-state index >= 15 is 0 Å². The van der Waals surface area contributed by atoms with Crippen LogP contribution in [0.2, 0.25) is 0 Å². The summed E-state index contributed by atoms with van der Waals surface area (Å²) in [6, 6.07) is 8.66. The fraction of sp³-hybridized carbons (Fsp3) is 0.600. The molecule has 2 atom stereocenters. The van der Waals surface area contributed by atoms with Gasteiger partial charge in [-0.1, -0.05) is 29.8 Å². The van der Waals surface area contributed by atoms with Gasteiger partial charge in [-0.25, -0.2) is 0 Å². The highest BCUT2D eigenvalue weighted by atomic mass is 16.3. The molecule has 100 valence electrons. The van der Waals surface area contributed by atoms with Crippen molar-refractivity contribution in [2.45, 2.75) is 38.4 Å². The first kappa shape index (κ1) is 13.5. The minimum absolute atomic E-state index is 0.0676. The topological polar surface area (TPSA) is 49.5 Å². The third kappa shape index (κ3) is 3.31. The summed E-state index contributed by atoms with van der Waals surface area (Å²) in [6.45, 7) is 3.08. The number of aryl methyl sites for hydroxylation is 1. The molecular weight excluding hydrogens is 224 g/mol. The number of rotatable bonds is 6. The molecule has 1 aromatic carbocycles. The molecule has 0 bridgehead atoms. The maximum Gasteiger partial charge on any atom is 0.0602 e. The van der Waals surface area contributed by atoms with Crippen LogP contribution in [0.4, 0.5) is 0 Å². The van der Waals surface area contributed by atoms with E-state index in [1.54, 1.807) is 0 Å². The number of aliphatic hydroxyl groups is 1. The molecule has 18 heavy (non-hydrogen) atoms. The van der Waals surface area contributed by atoms with Gasteiger partial charge in [-0.15, -0.1) is 0 Å². The van der Waals surface area contributed by atoms with Crippen LogP contribution >= 0.6 is 0 Å². The number of likely N-dealkylation sites (N-methyl/N-ethyl adjacent to an activating group) is 1.